The lowest BCUT2D eigenvalue weighted by Gasteiger charge is -2.28. The van der Waals surface area contributed by atoms with Crippen molar-refractivity contribution in [3.05, 3.63) is 39.5 Å². The predicted octanol–water partition coefficient (Wildman–Crippen LogP) is 2.69. The molecule has 0 bridgehead atoms. The Balaban J connectivity index is 2.16. The van der Waals surface area contributed by atoms with E-state index in [-0.39, 0.29) is 0 Å². The normalized spacial score (nSPS) is 16.2. The topological polar surface area (TPSA) is 91.2 Å². The summed E-state index contributed by atoms with van der Waals surface area (Å²) in [6.07, 6.45) is 0.743. The molecular weight excluding hydrogens is 390 g/mol. The molecule has 0 aliphatic carbocycles. The van der Waals surface area contributed by atoms with Crippen LogP contribution >= 0.6 is 15.9 Å². The van der Waals surface area contributed by atoms with E-state index in [2.05, 4.69) is 36.8 Å². The number of benzene rings is 1. The highest BCUT2D eigenvalue weighted by atomic mass is 79.9. The molecule has 1 N–H and O–H groups in total. The van der Waals surface area contributed by atoms with E-state index in [0.717, 1.165) is 16.5 Å². The minimum Gasteiger partial charge on any atom is -0.496 e. The first-order chi connectivity index (χ1) is 12.1. The van der Waals surface area contributed by atoms with E-state index in [9.17, 15) is 4.79 Å². The van der Waals surface area contributed by atoms with Crippen LogP contribution in [0.1, 0.15) is 31.9 Å². The van der Waals surface area contributed by atoms with Gasteiger partial charge in [-0.2, -0.15) is 4.68 Å². The number of carbonyl (C=O) groups is 1. The average molecular weight is 408 g/mol. The summed E-state index contributed by atoms with van der Waals surface area (Å²) in [6, 6.07) is 5.04. The minimum atomic E-state index is -0.553. The highest BCUT2D eigenvalue weighted by Crippen LogP contribution is 2.39. The molecule has 0 saturated carbocycles. The van der Waals surface area contributed by atoms with Gasteiger partial charge in [0.1, 0.15) is 11.8 Å². The number of esters is 1. The summed E-state index contributed by atoms with van der Waals surface area (Å²) in [5.41, 5.74) is 1.86. The van der Waals surface area contributed by atoms with E-state index >= 15 is 0 Å². The number of nitrogens with zero attached hydrogens (tertiary/aromatic N) is 4. The Morgan fingerprint density at radius 2 is 2.24 bits per heavy atom. The molecule has 1 atom stereocenters. The Morgan fingerprint density at radius 3 is 2.96 bits per heavy atom. The Bertz CT molecular complexity index is 833. The molecule has 2 aromatic rings. The molecule has 0 fully saturated rings. The molecular formula is C16H18BrN5O3. The molecule has 1 aliphatic heterocycles. The van der Waals surface area contributed by atoms with Gasteiger partial charge in [-0.15, -0.1) is 0 Å². The predicted molar refractivity (Wildman–Crippen MR) is 94.2 cm³/mol. The average Bonchev–Trinajstić information content (AvgIpc) is 3.06. The van der Waals surface area contributed by atoms with Crippen molar-refractivity contribution in [3.63, 3.8) is 0 Å². The molecule has 8 nitrogen and oxygen atoms in total. The van der Waals surface area contributed by atoms with Crippen molar-refractivity contribution in [1.82, 2.24) is 20.2 Å². The van der Waals surface area contributed by atoms with E-state index < -0.39 is 12.0 Å². The second-order valence-corrected chi connectivity index (χ2v) is 6.45. The summed E-state index contributed by atoms with van der Waals surface area (Å²) >= 11 is 3.47. The van der Waals surface area contributed by atoms with Gasteiger partial charge >= 0.3 is 5.97 Å². The van der Waals surface area contributed by atoms with Crippen LogP contribution in [-0.2, 0) is 9.53 Å². The first kappa shape index (κ1) is 17.4. The first-order valence-corrected chi connectivity index (χ1v) is 8.62. The van der Waals surface area contributed by atoms with Gasteiger partial charge in [-0.25, -0.2) is 4.79 Å². The maximum atomic E-state index is 12.7. The highest BCUT2D eigenvalue weighted by Gasteiger charge is 2.36. The van der Waals surface area contributed by atoms with Crippen molar-refractivity contribution >= 4 is 27.8 Å². The van der Waals surface area contributed by atoms with E-state index in [4.69, 9.17) is 9.47 Å². The van der Waals surface area contributed by atoms with E-state index in [0.29, 0.717) is 29.6 Å². The number of aromatic nitrogens is 4. The lowest BCUT2D eigenvalue weighted by molar-refractivity contribution is -0.139. The van der Waals surface area contributed by atoms with Crippen LogP contribution in [0.3, 0.4) is 0 Å². The van der Waals surface area contributed by atoms with Crippen LogP contribution in [0, 0.1) is 0 Å². The van der Waals surface area contributed by atoms with Crippen LogP contribution in [0.2, 0.25) is 0 Å². The highest BCUT2D eigenvalue weighted by molar-refractivity contribution is 9.10. The van der Waals surface area contributed by atoms with Crippen molar-refractivity contribution in [3.8, 4) is 5.75 Å². The molecule has 0 saturated heterocycles. The molecule has 1 aromatic carbocycles. The van der Waals surface area contributed by atoms with Gasteiger partial charge in [-0.3, -0.25) is 0 Å². The molecule has 132 valence electrons. The number of methoxy groups -OCH3 is 1. The Morgan fingerprint density at radius 1 is 1.44 bits per heavy atom. The Labute approximate surface area is 153 Å². The summed E-state index contributed by atoms with van der Waals surface area (Å²) in [6.45, 7) is 4.10. The largest absolute Gasteiger partial charge is 0.496 e. The molecule has 2 heterocycles. The summed E-state index contributed by atoms with van der Waals surface area (Å²) in [5, 5.41) is 14.8. The number of carbonyl (C=O) groups excluding carboxylic acids is 1. The van der Waals surface area contributed by atoms with Crippen LogP contribution in [0.25, 0.3) is 0 Å². The third kappa shape index (κ3) is 3.23. The molecule has 0 unspecified atom stereocenters. The lowest BCUT2D eigenvalue weighted by atomic mass is 9.95. The van der Waals surface area contributed by atoms with Gasteiger partial charge in [0.05, 0.1) is 19.3 Å². The second-order valence-electron chi connectivity index (χ2n) is 5.54. The third-order valence-corrected chi connectivity index (χ3v) is 4.35. The number of anilines is 1. The number of halogens is 1. The molecule has 1 aromatic heterocycles. The summed E-state index contributed by atoms with van der Waals surface area (Å²) < 4.78 is 13.3. The number of hydrogen-bond acceptors (Lipinski definition) is 7. The number of nitrogens with one attached hydrogen (secondary N) is 1. The lowest BCUT2D eigenvalue weighted by Crippen LogP contribution is -2.30. The molecule has 0 radical (unpaired) electrons. The maximum absolute atomic E-state index is 12.7. The number of tetrazole rings is 1. The molecule has 0 spiro atoms. The molecule has 0 amide bonds. The van der Waals surface area contributed by atoms with Crippen molar-refractivity contribution in [2.45, 2.75) is 26.3 Å². The van der Waals surface area contributed by atoms with Gasteiger partial charge in [0, 0.05) is 15.7 Å². The zero-order valence-electron chi connectivity index (χ0n) is 14.1. The zero-order chi connectivity index (χ0) is 18.0. The zero-order valence-corrected chi connectivity index (χ0v) is 15.7. The van der Waals surface area contributed by atoms with Gasteiger partial charge in [0.2, 0.25) is 5.95 Å². The standard InChI is InChI=1S/C16H18BrN5O3/c1-4-7-25-15(23)13-9(2)18-16-19-20-21-22(16)14(13)11-8-10(17)5-6-12(11)24-3/h5-6,8,14H,4,7H2,1-3H3,(H,18,19,21)/t14-/m1/s1. The fourth-order valence-electron chi connectivity index (χ4n) is 2.76. The van der Waals surface area contributed by atoms with Gasteiger partial charge in [0.25, 0.3) is 0 Å². The second kappa shape index (κ2) is 7.22. The number of hydrogen-bond donors (Lipinski definition) is 1. The van der Waals surface area contributed by atoms with Crippen LogP contribution in [0.4, 0.5) is 5.95 Å². The number of allylic oxidation sites excluding steroid dienone is 1. The Hall–Kier alpha value is -2.42. The SMILES string of the molecule is CCCOC(=O)C1=C(C)Nc2nnnn2[C@@H]1c1cc(Br)ccc1OC. The summed E-state index contributed by atoms with van der Waals surface area (Å²) in [4.78, 5) is 12.7. The smallest absolute Gasteiger partial charge is 0.338 e. The van der Waals surface area contributed by atoms with Crippen LogP contribution in [-0.4, -0.2) is 39.9 Å². The monoisotopic (exact) mass is 407 g/mol. The van der Waals surface area contributed by atoms with E-state index in [1.165, 1.54) is 0 Å². The quantitative estimate of drug-likeness (QED) is 0.761. The van der Waals surface area contributed by atoms with Gasteiger partial charge < -0.3 is 14.8 Å². The van der Waals surface area contributed by atoms with Crippen molar-refractivity contribution in [2.24, 2.45) is 0 Å². The number of rotatable bonds is 5. The van der Waals surface area contributed by atoms with Gasteiger partial charge in [0.15, 0.2) is 0 Å². The van der Waals surface area contributed by atoms with Crippen molar-refractivity contribution < 1.29 is 14.3 Å². The van der Waals surface area contributed by atoms with Gasteiger partial charge in [-0.1, -0.05) is 28.0 Å². The fourth-order valence-corrected chi connectivity index (χ4v) is 3.13. The molecule has 3 rings (SSSR count). The molecule has 1 aliphatic rings. The first-order valence-electron chi connectivity index (χ1n) is 7.83. The minimum absolute atomic E-state index is 0.348. The van der Waals surface area contributed by atoms with Crippen molar-refractivity contribution in [2.75, 3.05) is 19.0 Å². The number of ether oxygens (including phenoxy) is 2. The summed E-state index contributed by atoms with van der Waals surface area (Å²) in [7, 11) is 1.58. The van der Waals surface area contributed by atoms with E-state index in [1.54, 1.807) is 18.7 Å². The van der Waals surface area contributed by atoms with Crippen LogP contribution in [0.5, 0.6) is 5.75 Å². The van der Waals surface area contributed by atoms with E-state index in [1.807, 2.05) is 25.1 Å². The fraction of sp³-hybridized carbons (Fsp3) is 0.375. The summed E-state index contributed by atoms with van der Waals surface area (Å²) in [5.74, 6) is 0.682. The van der Waals surface area contributed by atoms with Crippen LogP contribution < -0.4 is 10.1 Å². The van der Waals surface area contributed by atoms with Gasteiger partial charge in [-0.05, 0) is 42.0 Å². The molecule has 9 heteroatoms. The maximum Gasteiger partial charge on any atom is 0.338 e. The van der Waals surface area contributed by atoms with Crippen molar-refractivity contribution in [1.29, 1.82) is 0 Å². The molecule has 25 heavy (non-hydrogen) atoms. The Kier molecular flexibility index (Phi) is 5.03. The third-order valence-electron chi connectivity index (χ3n) is 3.86. The number of fused-ring (bicyclic) bond motifs is 1. The van der Waals surface area contributed by atoms with Crippen LogP contribution in [0.15, 0.2) is 33.9 Å².